The summed E-state index contributed by atoms with van der Waals surface area (Å²) in [5.74, 6) is 0.654. The van der Waals surface area contributed by atoms with Crippen LogP contribution in [0.5, 0.6) is 0 Å². The van der Waals surface area contributed by atoms with Crippen molar-refractivity contribution in [3.05, 3.63) is 0 Å². The average Bonchev–Trinajstić information content (AvgIpc) is 2.74. The first-order valence-corrected chi connectivity index (χ1v) is 9.32. The van der Waals surface area contributed by atoms with Gasteiger partial charge in [-0.2, -0.15) is 0 Å². The predicted molar refractivity (Wildman–Crippen MR) is 76.6 cm³/mol. The van der Waals surface area contributed by atoms with Crippen molar-refractivity contribution in [2.24, 2.45) is 17.1 Å². The van der Waals surface area contributed by atoms with Crippen molar-refractivity contribution in [1.29, 1.82) is 0 Å². The maximum atomic E-state index is 12.0. The standard InChI is InChI=1S/C14H27NO3S/c1-11-5-8-13(10-15,9-6-11)14(16)7-3-4-12(14)19(2,17)18/h11-12,16H,3-10,15H2,1-2H3. The molecule has 2 rings (SSSR count). The molecule has 0 bridgehead atoms. The number of hydrogen-bond acceptors (Lipinski definition) is 4. The van der Waals surface area contributed by atoms with E-state index in [2.05, 4.69) is 6.92 Å². The van der Waals surface area contributed by atoms with Crippen LogP contribution in [0.15, 0.2) is 0 Å². The van der Waals surface area contributed by atoms with E-state index in [0.29, 0.717) is 25.3 Å². The van der Waals surface area contributed by atoms with Crippen molar-refractivity contribution in [3.8, 4) is 0 Å². The van der Waals surface area contributed by atoms with Gasteiger partial charge in [0.2, 0.25) is 0 Å². The molecule has 19 heavy (non-hydrogen) atoms. The first kappa shape index (κ1) is 15.3. The lowest BCUT2D eigenvalue weighted by atomic mass is 9.60. The van der Waals surface area contributed by atoms with Crippen LogP contribution in [0, 0.1) is 11.3 Å². The van der Waals surface area contributed by atoms with Gasteiger partial charge in [-0.15, -0.1) is 0 Å². The molecule has 0 aliphatic heterocycles. The van der Waals surface area contributed by atoms with Crippen LogP contribution in [0.3, 0.4) is 0 Å². The second-order valence-electron chi connectivity index (χ2n) is 6.80. The van der Waals surface area contributed by atoms with Crippen molar-refractivity contribution >= 4 is 9.84 Å². The quantitative estimate of drug-likeness (QED) is 0.824. The Kier molecular flexibility index (Phi) is 4.02. The molecule has 2 fully saturated rings. The summed E-state index contributed by atoms with van der Waals surface area (Å²) in [7, 11) is -3.23. The fourth-order valence-electron chi connectivity index (χ4n) is 4.26. The summed E-state index contributed by atoms with van der Waals surface area (Å²) >= 11 is 0. The molecule has 2 unspecified atom stereocenters. The maximum absolute atomic E-state index is 12.0. The summed E-state index contributed by atoms with van der Waals surface area (Å²) in [6.07, 6.45) is 6.98. The molecule has 2 aliphatic rings. The fourth-order valence-corrected chi connectivity index (χ4v) is 5.93. The zero-order chi connectivity index (χ0) is 14.3. The van der Waals surface area contributed by atoms with E-state index in [9.17, 15) is 13.5 Å². The van der Waals surface area contributed by atoms with Gasteiger partial charge in [0.15, 0.2) is 9.84 Å². The summed E-state index contributed by atoms with van der Waals surface area (Å²) in [4.78, 5) is 0. The molecule has 0 aromatic heterocycles. The van der Waals surface area contributed by atoms with Gasteiger partial charge >= 0.3 is 0 Å². The summed E-state index contributed by atoms with van der Waals surface area (Å²) in [5, 5.41) is 10.6. The van der Waals surface area contributed by atoms with Gasteiger partial charge in [0.25, 0.3) is 0 Å². The van der Waals surface area contributed by atoms with Crippen LogP contribution in [0.1, 0.15) is 51.9 Å². The average molecular weight is 289 g/mol. The van der Waals surface area contributed by atoms with Crippen LogP contribution in [-0.4, -0.2) is 37.2 Å². The minimum atomic E-state index is -3.23. The van der Waals surface area contributed by atoms with Gasteiger partial charge in [-0.3, -0.25) is 0 Å². The lowest BCUT2D eigenvalue weighted by Gasteiger charge is -2.50. The van der Waals surface area contributed by atoms with Gasteiger partial charge < -0.3 is 10.8 Å². The molecule has 112 valence electrons. The van der Waals surface area contributed by atoms with Crippen molar-refractivity contribution < 1.29 is 13.5 Å². The van der Waals surface area contributed by atoms with Crippen LogP contribution in [0.4, 0.5) is 0 Å². The highest BCUT2D eigenvalue weighted by atomic mass is 32.2. The second kappa shape index (κ2) is 5.01. The molecule has 2 aliphatic carbocycles. The highest BCUT2D eigenvalue weighted by Gasteiger charge is 2.59. The lowest BCUT2D eigenvalue weighted by molar-refractivity contribution is -0.0963. The summed E-state index contributed by atoms with van der Waals surface area (Å²) in [6, 6.07) is 0. The SMILES string of the molecule is CC1CCC(CN)(C2(O)CCCC2S(C)(=O)=O)CC1. The number of sulfone groups is 1. The Balaban J connectivity index is 2.35. The topological polar surface area (TPSA) is 80.4 Å². The molecule has 3 N–H and O–H groups in total. The molecule has 0 aromatic rings. The lowest BCUT2D eigenvalue weighted by Crippen LogP contribution is -2.59. The van der Waals surface area contributed by atoms with Gasteiger partial charge in [-0.05, 0) is 38.0 Å². The van der Waals surface area contributed by atoms with Crippen LogP contribution >= 0.6 is 0 Å². The van der Waals surface area contributed by atoms with Gasteiger partial charge in [0.1, 0.15) is 0 Å². The van der Waals surface area contributed by atoms with Gasteiger partial charge in [-0.1, -0.05) is 19.8 Å². The molecule has 2 saturated carbocycles. The third kappa shape index (κ3) is 2.45. The minimum absolute atomic E-state index is 0.391. The molecule has 0 spiro atoms. The van der Waals surface area contributed by atoms with E-state index in [1.54, 1.807) is 0 Å². The molecule has 5 heteroatoms. The van der Waals surface area contributed by atoms with Crippen molar-refractivity contribution in [1.82, 2.24) is 0 Å². The van der Waals surface area contributed by atoms with Gasteiger partial charge in [-0.25, -0.2) is 8.42 Å². The first-order valence-electron chi connectivity index (χ1n) is 7.36. The Morgan fingerprint density at radius 3 is 2.26 bits per heavy atom. The van der Waals surface area contributed by atoms with Crippen LogP contribution in [0.25, 0.3) is 0 Å². The summed E-state index contributed by atoms with van der Waals surface area (Å²) < 4.78 is 24.0. The van der Waals surface area contributed by atoms with Gasteiger partial charge in [0.05, 0.1) is 10.9 Å². The fraction of sp³-hybridized carbons (Fsp3) is 1.00. The monoisotopic (exact) mass is 289 g/mol. The van der Waals surface area contributed by atoms with E-state index >= 15 is 0 Å². The zero-order valence-electron chi connectivity index (χ0n) is 12.1. The van der Waals surface area contributed by atoms with E-state index in [1.165, 1.54) is 6.26 Å². The molecule has 4 nitrogen and oxygen atoms in total. The largest absolute Gasteiger partial charge is 0.388 e. The third-order valence-corrected chi connectivity index (χ3v) is 7.27. The van der Waals surface area contributed by atoms with E-state index < -0.39 is 26.1 Å². The minimum Gasteiger partial charge on any atom is -0.388 e. The summed E-state index contributed by atoms with van der Waals surface area (Å²) in [5.41, 5.74) is 4.48. The molecule has 2 atom stereocenters. The zero-order valence-corrected chi connectivity index (χ0v) is 12.9. The van der Waals surface area contributed by atoms with Crippen molar-refractivity contribution in [2.75, 3.05) is 12.8 Å². The number of aliphatic hydroxyl groups is 1. The third-order valence-electron chi connectivity index (χ3n) is 5.61. The maximum Gasteiger partial charge on any atom is 0.153 e. The van der Waals surface area contributed by atoms with E-state index in [4.69, 9.17) is 5.73 Å². The highest BCUT2D eigenvalue weighted by Crippen LogP contribution is 2.53. The van der Waals surface area contributed by atoms with Crippen molar-refractivity contribution in [2.45, 2.75) is 62.7 Å². The molecule has 0 aromatic carbocycles. The Labute approximate surface area is 116 Å². The van der Waals surface area contributed by atoms with Crippen molar-refractivity contribution in [3.63, 3.8) is 0 Å². The van der Waals surface area contributed by atoms with Crippen LogP contribution in [0.2, 0.25) is 0 Å². The Morgan fingerprint density at radius 2 is 1.79 bits per heavy atom. The molecular weight excluding hydrogens is 262 g/mol. The Hall–Kier alpha value is -0.130. The Morgan fingerprint density at radius 1 is 1.21 bits per heavy atom. The van der Waals surface area contributed by atoms with E-state index in [1.807, 2.05) is 0 Å². The molecule has 0 amide bonds. The molecule has 0 saturated heterocycles. The second-order valence-corrected chi connectivity index (χ2v) is 9.03. The Bertz CT molecular complexity index is 426. The number of nitrogens with two attached hydrogens (primary N) is 1. The molecule has 0 radical (unpaired) electrons. The first-order chi connectivity index (χ1) is 8.75. The number of hydrogen-bond donors (Lipinski definition) is 2. The molecule has 0 heterocycles. The summed E-state index contributed by atoms with van der Waals surface area (Å²) in [6.45, 7) is 2.61. The van der Waals surface area contributed by atoms with Crippen LogP contribution < -0.4 is 5.73 Å². The number of rotatable bonds is 3. The van der Waals surface area contributed by atoms with Crippen LogP contribution in [-0.2, 0) is 9.84 Å². The van der Waals surface area contributed by atoms with E-state index in [0.717, 1.165) is 32.1 Å². The van der Waals surface area contributed by atoms with Gasteiger partial charge in [0, 0.05) is 18.2 Å². The van der Waals surface area contributed by atoms with E-state index in [-0.39, 0.29) is 0 Å². The molecular formula is C14H27NO3S. The predicted octanol–water partition coefficient (Wildman–Crippen LogP) is 1.47. The highest BCUT2D eigenvalue weighted by molar-refractivity contribution is 7.91. The normalized spacial score (nSPS) is 44.4. The smallest absolute Gasteiger partial charge is 0.153 e.